The molecule has 0 heterocycles. The molecule has 2 atom stereocenters. The third-order valence-corrected chi connectivity index (χ3v) is 4.18. The highest BCUT2D eigenvalue weighted by Gasteiger charge is 2.28. The number of halogens is 2. The van der Waals surface area contributed by atoms with Gasteiger partial charge in [-0.25, -0.2) is 17.9 Å². The predicted molar refractivity (Wildman–Crippen MR) is 71.9 cm³/mol. The first-order chi connectivity index (χ1) is 10.9. The predicted octanol–water partition coefficient (Wildman–Crippen LogP) is 2.35. The van der Waals surface area contributed by atoms with Crippen molar-refractivity contribution in [2.45, 2.75) is 0 Å². The van der Waals surface area contributed by atoms with Crippen LogP contribution in [0.1, 0.15) is 0 Å². The maximum Gasteiger partial charge on any atom is 0.480 e. The van der Waals surface area contributed by atoms with E-state index in [0.717, 1.165) is 0 Å². The van der Waals surface area contributed by atoms with Gasteiger partial charge in [-0.2, -0.15) is 0 Å². The normalized spacial score (nSPS) is 16.0. The second-order valence-electron chi connectivity index (χ2n) is 3.02. The molecule has 132 valence electrons. The molecule has 23 heavy (non-hydrogen) atoms. The fraction of sp³-hybridized carbons (Fsp3) is 0.600. The van der Waals surface area contributed by atoms with Crippen molar-refractivity contribution in [3.05, 3.63) is 0 Å². The Morgan fingerprint density at radius 2 is 1.13 bits per heavy atom. The second kappa shape index (κ2) is 12.6. The van der Waals surface area contributed by atoms with Crippen molar-refractivity contribution >= 4 is 15.6 Å². The highest BCUT2D eigenvalue weighted by molar-refractivity contribution is 7.48. The first kappa shape index (κ1) is 22.2. The zero-order chi connectivity index (χ0) is 17.6. The van der Waals surface area contributed by atoms with Gasteiger partial charge in [-0.1, -0.05) is 11.8 Å². The Bertz CT molecular complexity index is 458. The number of terminal acetylenes is 2. The van der Waals surface area contributed by atoms with Gasteiger partial charge in [0.15, 0.2) is 27.3 Å². The summed E-state index contributed by atoms with van der Waals surface area (Å²) < 4.78 is 78.4. The molecule has 0 aromatic heterocycles. The maximum absolute atomic E-state index is 12.1. The molecule has 0 aliphatic heterocycles. The standard InChI is InChI=1S/C10H14F2O9P2/c1-3-5-16-22(13,18-7-11)20-9-15-10-21-23(14,19-8-12)17-6-4-2/h1-2H,5-10H2. The molecular weight excluding hydrogens is 364 g/mol. The summed E-state index contributed by atoms with van der Waals surface area (Å²) in [6.07, 6.45) is 9.74. The lowest BCUT2D eigenvalue weighted by molar-refractivity contribution is -0.0816. The average molecular weight is 378 g/mol. The lowest BCUT2D eigenvalue weighted by atomic mass is 10.8. The van der Waals surface area contributed by atoms with Crippen LogP contribution in [0, 0.1) is 24.7 Å². The molecule has 13 heteroatoms. The van der Waals surface area contributed by atoms with Crippen LogP contribution in [0.5, 0.6) is 0 Å². The molecule has 0 radical (unpaired) electrons. The molecule has 0 amide bonds. The number of hydrogen-bond donors (Lipinski definition) is 0. The van der Waals surface area contributed by atoms with Gasteiger partial charge < -0.3 is 4.74 Å². The third-order valence-electron chi connectivity index (χ3n) is 1.61. The van der Waals surface area contributed by atoms with Crippen molar-refractivity contribution in [2.24, 2.45) is 0 Å². The summed E-state index contributed by atoms with van der Waals surface area (Å²) in [5, 5.41) is 0. The molecule has 0 aliphatic rings. The molecule has 0 spiro atoms. The highest BCUT2D eigenvalue weighted by Crippen LogP contribution is 2.50. The SMILES string of the molecule is C#CCOP(=O)(OCF)OCOCOP(=O)(OCF)OCC#C. The van der Waals surface area contributed by atoms with Gasteiger partial charge in [0.1, 0.15) is 13.2 Å². The van der Waals surface area contributed by atoms with Gasteiger partial charge in [0.05, 0.1) is 0 Å². The van der Waals surface area contributed by atoms with E-state index in [0.29, 0.717) is 0 Å². The molecule has 0 bridgehead atoms. The van der Waals surface area contributed by atoms with Gasteiger partial charge in [-0.15, -0.1) is 12.8 Å². The number of ether oxygens (including phenoxy) is 1. The lowest BCUT2D eigenvalue weighted by Gasteiger charge is -2.17. The molecule has 0 rings (SSSR count). The van der Waals surface area contributed by atoms with E-state index in [2.05, 4.69) is 31.9 Å². The lowest BCUT2D eigenvalue weighted by Crippen LogP contribution is -2.08. The van der Waals surface area contributed by atoms with Crippen LogP contribution in [0.4, 0.5) is 8.78 Å². The van der Waals surface area contributed by atoms with Gasteiger partial charge >= 0.3 is 15.6 Å². The van der Waals surface area contributed by atoms with Crippen LogP contribution in [-0.2, 0) is 41.0 Å². The van der Waals surface area contributed by atoms with Gasteiger partial charge in [-0.05, 0) is 0 Å². The first-order valence-electron chi connectivity index (χ1n) is 5.59. The summed E-state index contributed by atoms with van der Waals surface area (Å²) in [6, 6.07) is 0. The van der Waals surface area contributed by atoms with Crippen LogP contribution >= 0.6 is 15.6 Å². The topological polar surface area (TPSA) is 98.8 Å². The summed E-state index contributed by atoms with van der Waals surface area (Å²) in [5.41, 5.74) is 0. The minimum absolute atomic E-state index is 0.465. The summed E-state index contributed by atoms with van der Waals surface area (Å²) in [5.74, 6) is 3.95. The Hall–Kier alpha value is -0.840. The van der Waals surface area contributed by atoms with E-state index >= 15 is 0 Å². The van der Waals surface area contributed by atoms with Gasteiger partial charge in [0.2, 0.25) is 0 Å². The summed E-state index contributed by atoms with van der Waals surface area (Å²) >= 11 is 0. The Balaban J connectivity index is 4.22. The fourth-order valence-electron chi connectivity index (χ4n) is 0.813. The first-order valence-corrected chi connectivity index (χ1v) is 8.51. The van der Waals surface area contributed by atoms with E-state index in [4.69, 9.17) is 12.8 Å². The molecule has 2 unspecified atom stereocenters. The van der Waals surface area contributed by atoms with Crippen LogP contribution < -0.4 is 0 Å². The van der Waals surface area contributed by atoms with Crippen LogP contribution in [-0.4, -0.2) is 40.5 Å². The van der Waals surface area contributed by atoms with E-state index in [-0.39, 0.29) is 0 Å². The molecule has 0 aliphatic carbocycles. The van der Waals surface area contributed by atoms with Crippen molar-refractivity contribution in [1.82, 2.24) is 0 Å². The Kier molecular flexibility index (Phi) is 12.1. The molecule has 0 saturated carbocycles. The van der Waals surface area contributed by atoms with Gasteiger partial charge in [0, 0.05) is 0 Å². The minimum Gasteiger partial charge on any atom is -0.328 e. The number of phosphoric ester groups is 2. The van der Waals surface area contributed by atoms with E-state index in [9.17, 15) is 17.9 Å². The molecule has 0 aromatic carbocycles. The monoisotopic (exact) mass is 378 g/mol. The number of phosphoric acid groups is 2. The molecular formula is C10H14F2O9P2. The third kappa shape index (κ3) is 10.5. The van der Waals surface area contributed by atoms with E-state index in [1.807, 2.05) is 11.8 Å². The molecule has 0 fully saturated rings. The van der Waals surface area contributed by atoms with Gasteiger partial charge in [-0.3, -0.25) is 27.1 Å². The fourth-order valence-corrected chi connectivity index (χ4v) is 2.37. The molecule has 0 saturated heterocycles. The zero-order valence-corrected chi connectivity index (χ0v) is 13.5. The summed E-state index contributed by atoms with van der Waals surface area (Å²) in [7, 11) is -8.53. The van der Waals surface area contributed by atoms with Crippen LogP contribution in [0.25, 0.3) is 0 Å². The Morgan fingerprint density at radius 3 is 1.43 bits per heavy atom. The van der Waals surface area contributed by atoms with Crippen LogP contribution in [0.2, 0.25) is 0 Å². The van der Waals surface area contributed by atoms with Crippen molar-refractivity contribution in [3.63, 3.8) is 0 Å². The van der Waals surface area contributed by atoms with Crippen LogP contribution in [0.15, 0.2) is 0 Å². The number of rotatable bonds is 14. The molecule has 0 N–H and O–H groups in total. The Morgan fingerprint density at radius 1 is 0.739 bits per heavy atom. The van der Waals surface area contributed by atoms with Crippen molar-refractivity contribution in [1.29, 1.82) is 0 Å². The minimum atomic E-state index is -4.26. The van der Waals surface area contributed by atoms with Crippen LogP contribution in [0.3, 0.4) is 0 Å². The largest absolute Gasteiger partial charge is 0.480 e. The second-order valence-corrected chi connectivity index (χ2v) is 6.36. The van der Waals surface area contributed by atoms with E-state index < -0.39 is 56.2 Å². The van der Waals surface area contributed by atoms with E-state index in [1.54, 1.807) is 0 Å². The van der Waals surface area contributed by atoms with Crippen molar-refractivity contribution in [3.8, 4) is 24.7 Å². The van der Waals surface area contributed by atoms with Crippen molar-refractivity contribution < 1.29 is 49.8 Å². The van der Waals surface area contributed by atoms with Gasteiger partial charge in [0.25, 0.3) is 0 Å². The smallest absolute Gasteiger partial charge is 0.328 e. The quantitative estimate of drug-likeness (QED) is 0.195. The van der Waals surface area contributed by atoms with E-state index in [1.165, 1.54) is 0 Å². The summed E-state index contributed by atoms with van der Waals surface area (Å²) in [4.78, 5) is 0. The summed E-state index contributed by atoms with van der Waals surface area (Å²) in [6.45, 7) is -5.42. The molecule has 0 aromatic rings. The Labute approximate surface area is 131 Å². The number of hydrogen-bond acceptors (Lipinski definition) is 9. The average Bonchev–Trinajstić information content (AvgIpc) is 2.51. The molecule has 9 nitrogen and oxygen atoms in total. The zero-order valence-electron chi connectivity index (χ0n) is 11.7. The van der Waals surface area contributed by atoms with Crippen molar-refractivity contribution in [2.75, 3.05) is 40.5 Å². The maximum atomic E-state index is 12.1. The number of alkyl halides is 2. The highest BCUT2D eigenvalue weighted by atomic mass is 31.2.